The summed E-state index contributed by atoms with van der Waals surface area (Å²) in [4.78, 5) is 39.3. The van der Waals surface area contributed by atoms with E-state index in [1.807, 2.05) is 30.3 Å². The Hall–Kier alpha value is -3.05. The number of hydrogen-bond donors (Lipinski definition) is 1. The van der Waals surface area contributed by atoms with Gasteiger partial charge in [0.15, 0.2) is 18.0 Å². The minimum Gasteiger partial charge on any atom is -0.479 e. The van der Waals surface area contributed by atoms with E-state index in [0.29, 0.717) is 38.4 Å². The highest BCUT2D eigenvalue weighted by molar-refractivity contribution is 6.03. The van der Waals surface area contributed by atoms with E-state index in [-0.39, 0.29) is 19.8 Å². The summed E-state index contributed by atoms with van der Waals surface area (Å²) in [6.45, 7) is 1.46. The molecular weight excluding hydrogens is 458 g/mol. The van der Waals surface area contributed by atoms with Gasteiger partial charge in [-0.25, -0.2) is 9.69 Å². The average molecular weight is 490 g/mol. The van der Waals surface area contributed by atoms with E-state index in [1.54, 1.807) is 6.08 Å². The summed E-state index contributed by atoms with van der Waals surface area (Å²) in [5.74, 6) is -0.726. The fourth-order valence-corrected chi connectivity index (χ4v) is 3.76. The van der Waals surface area contributed by atoms with Crippen molar-refractivity contribution in [1.82, 2.24) is 4.90 Å². The van der Waals surface area contributed by atoms with Gasteiger partial charge in [-0.3, -0.25) is 9.59 Å². The number of cyclic esters (lactones) is 1. The van der Waals surface area contributed by atoms with E-state index in [9.17, 15) is 14.4 Å². The number of carbonyl (C=O) groups excluding carboxylic acids is 3. The number of aliphatic hydroxyl groups is 1. The minimum absolute atomic E-state index is 0.0345. The Kier molecular flexibility index (Phi) is 10.4. The zero-order valence-electron chi connectivity index (χ0n) is 19.7. The van der Waals surface area contributed by atoms with Crippen LogP contribution in [0.5, 0.6) is 0 Å². The van der Waals surface area contributed by atoms with Gasteiger partial charge in [-0.15, -0.1) is 0 Å². The summed E-state index contributed by atoms with van der Waals surface area (Å²) in [5, 5.41) is 8.66. The smallest absolute Gasteiger partial charge is 0.417 e. The van der Waals surface area contributed by atoms with Crippen LogP contribution in [0.25, 0.3) is 0 Å². The Labute approximate surface area is 204 Å². The van der Waals surface area contributed by atoms with E-state index in [4.69, 9.17) is 28.8 Å². The van der Waals surface area contributed by atoms with Gasteiger partial charge in [0.05, 0.1) is 39.1 Å². The third kappa shape index (κ3) is 7.46. The van der Waals surface area contributed by atoms with Crippen molar-refractivity contribution in [3.05, 3.63) is 59.9 Å². The number of ether oxygens (including phenoxy) is 5. The van der Waals surface area contributed by atoms with Crippen LogP contribution in [0.3, 0.4) is 0 Å². The summed E-state index contributed by atoms with van der Waals surface area (Å²) in [6.07, 6.45) is 2.18. The molecule has 10 heteroatoms. The molecule has 1 N–H and O–H groups in total. The minimum atomic E-state index is -1.32. The van der Waals surface area contributed by atoms with Gasteiger partial charge in [0.2, 0.25) is 0 Å². The zero-order chi connectivity index (χ0) is 25.0. The molecule has 1 saturated heterocycles. The standard InChI is InChI=1S/C25H31NO9/c1-31-23(24(29)26-19(17-34-25(26)30)16-18-6-3-2-4-7-18)22-21(28)10-9-20(35-22)8-5-12-32-14-15-33-13-11-27/h2-4,6-10,19,22-23,27H,5,11-17H2,1H3/t19-,22-,23-/m1/s1. The lowest BCUT2D eigenvalue weighted by Gasteiger charge is -2.30. The molecule has 2 heterocycles. The van der Waals surface area contributed by atoms with Crippen molar-refractivity contribution in [2.75, 3.05) is 46.8 Å². The zero-order valence-corrected chi connectivity index (χ0v) is 19.7. The third-order valence-electron chi connectivity index (χ3n) is 5.46. The number of aliphatic hydroxyl groups excluding tert-OH is 1. The lowest BCUT2D eigenvalue weighted by molar-refractivity contribution is -0.153. The summed E-state index contributed by atoms with van der Waals surface area (Å²) < 4.78 is 26.8. The van der Waals surface area contributed by atoms with Crippen LogP contribution in [-0.4, -0.2) is 92.8 Å². The first-order chi connectivity index (χ1) is 17.0. The maximum atomic E-state index is 13.3. The number of amides is 2. The molecule has 190 valence electrons. The number of nitrogens with zero attached hydrogens (tertiary/aromatic N) is 1. The van der Waals surface area contributed by atoms with Gasteiger partial charge in [-0.1, -0.05) is 30.3 Å². The predicted octanol–water partition coefficient (Wildman–Crippen LogP) is 1.42. The second-order valence-electron chi connectivity index (χ2n) is 7.90. The Morgan fingerprint density at radius 1 is 1.14 bits per heavy atom. The van der Waals surface area contributed by atoms with Crippen LogP contribution in [0.15, 0.2) is 54.3 Å². The molecule has 3 atom stereocenters. The van der Waals surface area contributed by atoms with E-state index in [0.717, 1.165) is 10.5 Å². The Balaban J connectivity index is 1.60. The van der Waals surface area contributed by atoms with Gasteiger partial charge in [0.25, 0.3) is 5.91 Å². The summed E-state index contributed by atoms with van der Waals surface area (Å²) in [5.41, 5.74) is 0.947. The van der Waals surface area contributed by atoms with Gasteiger partial charge >= 0.3 is 6.09 Å². The molecule has 3 rings (SSSR count). The first kappa shape index (κ1) is 26.6. The second kappa shape index (κ2) is 13.7. The molecule has 0 aliphatic carbocycles. The quantitative estimate of drug-likeness (QED) is 0.410. The summed E-state index contributed by atoms with van der Waals surface area (Å²) >= 11 is 0. The molecular formula is C25H31NO9. The highest BCUT2D eigenvalue weighted by Crippen LogP contribution is 2.24. The number of carbonyl (C=O) groups is 3. The topological polar surface area (TPSA) is 121 Å². The highest BCUT2D eigenvalue weighted by atomic mass is 16.6. The monoisotopic (exact) mass is 489 g/mol. The van der Waals surface area contributed by atoms with Crippen LogP contribution in [0.4, 0.5) is 4.79 Å². The lowest BCUT2D eigenvalue weighted by Crippen LogP contribution is -2.53. The Morgan fingerprint density at radius 2 is 1.89 bits per heavy atom. The first-order valence-corrected chi connectivity index (χ1v) is 11.5. The van der Waals surface area contributed by atoms with Crippen LogP contribution in [0.2, 0.25) is 0 Å². The maximum Gasteiger partial charge on any atom is 0.417 e. The molecule has 0 aromatic heterocycles. The van der Waals surface area contributed by atoms with Crippen molar-refractivity contribution >= 4 is 17.8 Å². The van der Waals surface area contributed by atoms with Gasteiger partial charge in [0.1, 0.15) is 12.4 Å². The van der Waals surface area contributed by atoms with E-state index >= 15 is 0 Å². The second-order valence-corrected chi connectivity index (χ2v) is 7.90. The maximum absolute atomic E-state index is 13.3. The number of rotatable bonds is 13. The van der Waals surface area contributed by atoms with Crippen molar-refractivity contribution < 1.29 is 43.2 Å². The first-order valence-electron chi connectivity index (χ1n) is 11.5. The van der Waals surface area contributed by atoms with Crippen LogP contribution >= 0.6 is 0 Å². The SMILES string of the molecule is CO[C@@H](C(=O)N1C(=O)OC[C@H]1Cc1ccccc1)[C@@H]1OC(=CCCOCCOCCO)C=CC1=O. The van der Waals surface area contributed by atoms with Crippen molar-refractivity contribution in [3.63, 3.8) is 0 Å². The molecule has 2 amide bonds. The molecule has 0 saturated carbocycles. The van der Waals surface area contributed by atoms with E-state index in [2.05, 4.69) is 0 Å². The molecule has 10 nitrogen and oxygen atoms in total. The molecule has 1 aromatic rings. The highest BCUT2D eigenvalue weighted by Gasteiger charge is 2.46. The molecule has 1 fully saturated rings. The molecule has 2 aliphatic heterocycles. The molecule has 2 aliphatic rings. The number of imide groups is 1. The predicted molar refractivity (Wildman–Crippen MR) is 123 cm³/mol. The van der Waals surface area contributed by atoms with Crippen molar-refractivity contribution in [2.45, 2.75) is 31.1 Å². The van der Waals surface area contributed by atoms with E-state index < -0.39 is 36.0 Å². The lowest BCUT2D eigenvalue weighted by atomic mass is 10.0. The van der Waals surface area contributed by atoms with Crippen molar-refractivity contribution in [3.8, 4) is 0 Å². The van der Waals surface area contributed by atoms with Crippen LogP contribution < -0.4 is 0 Å². The summed E-state index contributed by atoms with van der Waals surface area (Å²) in [6, 6.07) is 8.93. The Morgan fingerprint density at radius 3 is 2.60 bits per heavy atom. The fourth-order valence-electron chi connectivity index (χ4n) is 3.76. The normalized spacial score (nSPS) is 21.8. The van der Waals surface area contributed by atoms with E-state index in [1.165, 1.54) is 19.3 Å². The number of ketones is 1. The largest absolute Gasteiger partial charge is 0.479 e. The number of hydrogen-bond acceptors (Lipinski definition) is 9. The third-order valence-corrected chi connectivity index (χ3v) is 5.46. The molecule has 0 unspecified atom stereocenters. The average Bonchev–Trinajstić information content (AvgIpc) is 3.23. The summed E-state index contributed by atoms with van der Waals surface area (Å²) in [7, 11) is 1.29. The molecule has 1 aromatic carbocycles. The van der Waals surface area contributed by atoms with Gasteiger partial charge in [0, 0.05) is 7.11 Å². The van der Waals surface area contributed by atoms with Crippen LogP contribution in [-0.2, 0) is 39.7 Å². The Bertz CT molecular complexity index is 915. The molecule has 0 radical (unpaired) electrons. The number of allylic oxidation sites excluding steroid dienone is 1. The molecule has 0 bridgehead atoms. The van der Waals surface area contributed by atoms with Crippen LogP contribution in [0, 0.1) is 0 Å². The number of benzene rings is 1. The fraction of sp³-hybridized carbons (Fsp3) is 0.480. The molecule has 0 spiro atoms. The van der Waals surface area contributed by atoms with Crippen molar-refractivity contribution in [2.24, 2.45) is 0 Å². The van der Waals surface area contributed by atoms with Gasteiger partial charge in [-0.2, -0.15) is 0 Å². The van der Waals surface area contributed by atoms with Crippen LogP contribution in [0.1, 0.15) is 12.0 Å². The van der Waals surface area contributed by atoms with Crippen molar-refractivity contribution in [1.29, 1.82) is 0 Å². The van der Waals surface area contributed by atoms with Gasteiger partial charge in [-0.05, 0) is 36.6 Å². The molecule has 35 heavy (non-hydrogen) atoms. The number of methoxy groups -OCH3 is 1. The van der Waals surface area contributed by atoms with Gasteiger partial charge < -0.3 is 28.8 Å².